The van der Waals surface area contributed by atoms with Gasteiger partial charge in [-0.2, -0.15) is 0 Å². The molecule has 1 aromatic carbocycles. The van der Waals surface area contributed by atoms with E-state index in [1.807, 2.05) is 36.4 Å². The van der Waals surface area contributed by atoms with E-state index in [1.165, 1.54) is 0 Å². The van der Waals surface area contributed by atoms with Gasteiger partial charge in [-0.05, 0) is 23.8 Å². The summed E-state index contributed by atoms with van der Waals surface area (Å²) in [4.78, 5) is 18.8. The fourth-order valence-electron chi connectivity index (χ4n) is 2.12. The van der Waals surface area contributed by atoms with Gasteiger partial charge in [0, 0.05) is 22.7 Å². The molecule has 0 fully saturated rings. The molecule has 1 amide bonds. The Kier molecular flexibility index (Phi) is 3.05. The van der Waals surface area contributed by atoms with Crippen LogP contribution in [0.1, 0.15) is 11.1 Å². The highest BCUT2D eigenvalue weighted by Crippen LogP contribution is 2.22. The van der Waals surface area contributed by atoms with Gasteiger partial charge in [-0.1, -0.05) is 30.3 Å². The smallest absolute Gasteiger partial charge is 0.249 e. The second-order valence-electron chi connectivity index (χ2n) is 4.37. The van der Waals surface area contributed by atoms with E-state index in [-0.39, 0.29) is 0 Å². The highest BCUT2D eigenvalue weighted by Gasteiger charge is 2.10. The first-order chi connectivity index (χ1) is 9.75. The Morgan fingerprint density at radius 1 is 1.25 bits per heavy atom. The molecule has 20 heavy (non-hydrogen) atoms. The number of hydrogen-bond acceptors (Lipinski definition) is 2. The fraction of sp³-hybridized carbons (Fsp3) is 0. The number of benzene rings is 1. The van der Waals surface area contributed by atoms with Crippen LogP contribution in [-0.2, 0) is 4.79 Å². The highest BCUT2D eigenvalue weighted by molar-refractivity contribution is 6.24. The van der Waals surface area contributed by atoms with Crippen LogP contribution in [0.25, 0.3) is 22.7 Å². The minimum atomic E-state index is -0.457. The minimum Gasteiger partial charge on any atom is -0.366 e. The topological polar surface area (TPSA) is 71.8 Å². The van der Waals surface area contributed by atoms with Gasteiger partial charge in [-0.25, -0.2) is 4.98 Å². The molecule has 0 aliphatic carbocycles. The first-order valence-corrected chi connectivity index (χ1v) is 6.17. The maximum absolute atomic E-state index is 11.7. The van der Waals surface area contributed by atoms with E-state index in [2.05, 4.69) is 16.2 Å². The van der Waals surface area contributed by atoms with Crippen molar-refractivity contribution in [2.24, 2.45) is 5.73 Å². The number of primary amides is 1. The van der Waals surface area contributed by atoms with Gasteiger partial charge in [0.1, 0.15) is 5.65 Å². The normalized spacial score (nSPS) is 11.7. The summed E-state index contributed by atoms with van der Waals surface area (Å²) in [5, 5.41) is 0.929. The maximum Gasteiger partial charge on any atom is 0.249 e. The summed E-state index contributed by atoms with van der Waals surface area (Å²) in [6.45, 7) is 0. The molecular formula is C16H12N3O. The molecule has 0 spiro atoms. The van der Waals surface area contributed by atoms with Gasteiger partial charge in [0.15, 0.2) is 0 Å². The van der Waals surface area contributed by atoms with Crippen LogP contribution in [0.2, 0.25) is 0 Å². The van der Waals surface area contributed by atoms with Gasteiger partial charge < -0.3 is 10.7 Å². The number of aromatic nitrogens is 2. The molecule has 0 saturated carbocycles. The number of carbonyl (C=O) groups is 1. The Balaban J connectivity index is 2.15. The Hall–Kier alpha value is -2.88. The summed E-state index contributed by atoms with van der Waals surface area (Å²) in [7, 11) is 0. The average Bonchev–Trinajstić information content (AvgIpc) is 2.88. The summed E-state index contributed by atoms with van der Waals surface area (Å²) in [5.41, 5.74) is 8.36. The molecule has 4 nitrogen and oxygen atoms in total. The van der Waals surface area contributed by atoms with Gasteiger partial charge in [-0.3, -0.25) is 4.79 Å². The number of amides is 1. The van der Waals surface area contributed by atoms with Crippen molar-refractivity contribution in [1.82, 2.24) is 9.97 Å². The standard InChI is InChI=1S/C16H12N3O/c17-15(20)14(11-5-2-1-3-6-11)9-12-10-19-16-13(12)7-4-8-18-16/h1-7,9-10H,(H2,17,20)(H,18,19)/b14-9-. The van der Waals surface area contributed by atoms with E-state index in [0.717, 1.165) is 22.2 Å². The van der Waals surface area contributed by atoms with Crippen molar-refractivity contribution in [3.05, 3.63) is 66.0 Å². The van der Waals surface area contributed by atoms with Crippen LogP contribution in [0.15, 0.2) is 48.7 Å². The van der Waals surface area contributed by atoms with Crippen LogP contribution < -0.4 is 5.73 Å². The van der Waals surface area contributed by atoms with Crippen molar-refractivity contribution in [3.8, 4) is 0 Å². The lowest BCUT2D eigenvalue weighted by Crippen LogP contribution is -2.12. The number of fused-ring (bicyclic) bond motifs is 1. The van der Waals surface area contributed by atoms with Crippen LogP contribution in [0.4, 0.5) is 0 Å². The number of nitrogens with one attached hydrogen (secondary N) is 1. The molecule has 0 unspecified atom stereocenters. The summed E-state index contributed by atoms with van der Waals surface area (Å²) in [5.74, 6) is -0.457. The number of pyridine rings is 1. The number of H-pyrrole nitrogens is 1. The largest absolute Gasteiger partial charge is 0.366 e. The third-order valence-electron chi connectivity index (χ3n) is 3.08. The Labute approximate surface area is 116 Å². The molecular weight excluding hydrogens is 250 g/mol. The quantitative estimate of drug-likeness (QED) is 0.711. The third kappa shape index (κ3) is 2.19. The monoisotopic (exact) mass is 262 g/mol. The van der Waals surface area contributed by atoms with Gasteiger partial charge in [-0.15, -0.1) is 0 Å². The number of hydrogen-bond donors (Lipinski definition) is 2. The first kappa shape index (κ1) is 12.2. The summed E-state index contributed by atoms with van der Waals surface area (Å²) >= 11 is 0. The number of carbonyl (C=O) groups excluding carboxylic acids is 1. The van der Waals surface area contributed by atoms with Crippen LogP contribution in [0.5, 0.6) is 0 Å². The van der Waals surface area contributed by atoms with Crippen LogP contribution in [0, 0.1) is 6.20 Å². The van der Waals surface area contributed by atoms with Crippen LogP contribution in [-0.4, -0.2) is 15.9 Å². The summed E-state index contributed by atoms with van der Waals surface area (Å²) in [6, 6.07) is 13.0. The van der Waals surface area contributed by atoms with E-state index in [4.69, 9.17) is 5.73 Å². The van der Waals surface area contributed by atoms with E-state index in [9.17, 15) is 4.79 Å². The molecule has 0 atom stereocenters. The minimum absolute atomic E-state index is 0.457. The predicted molar refractivity (Wildman–Crippen MR) is 78.4 cm³/mol. The molecule has 0 aliphatic rings. The van der Waals surface area contributed by atoms with Crippen molar-refractivity contribution in [2.45, 2.75) is 0 Å². The number of rotatable bonds is 3. The predicted octanol–water partition coefficient (Wildman–Crippen LogP) is 2.39. The lowest BCUT2D eigenvalue weighted by Gasteiger charge is -2.03. The second-order valence-corrected chi connectivity index (χ2v) is 4.37. The van der Waals surface area contributed by atoms with Crippen molar-refractivity contribution in [2.75, 3.05) is 0 Å². The summed E-state index contributed by atoms with van der Waals surface area (Å²) < 4.78 is 0. The molecule has 0 bridgehead atoms. The second kappa shape index (κ2) is 5.01. The van der Waals surface area contributed by atoms with Crippen molar-refractivity contribution < 1.29 is 4.79 Å². The van der Waals surface area contributed by atoms with E-state index in [1.54, 1.807) is 18.3 Å². The Morgan fingerprint density at radius 3 is 2.80 bits per heavy atom. The first-order valence-electron chi connectivity index (χ1n) is 6.17. The van der Waals surface area contributed by atoms with Gasteiger partial charge >= 0.3 is 0 Å². The molecule has 1 radical (unpaired) electrons. The Bertz CT molecular complexity index is 788. The van der Waals surface area contributed by atoms with Crippen molar-refractivity contribution >= 4 is 28.6 Å². The molecule has 0 saturated heterocycles. The molecule has 4 heteroatoms. The number of nitrogens with two attached hydrogens (primary N) is 1. The Morgan fingerprint density at radius 2 is 2.05 bits per heavy atom. The van der Waals surface area contributed by atoms with Gasteiger partial charge in [0.2, 0.25) is 5.91 Å². The molecule has 2 aromatic heterocycles. The molecule has 0 aliphatic heterocycles. The van der Waals surface area contributed by atoms with Crippen LogP contribution >= 0.6 is 0 Å². The van der Waals surface area contributed by atoms with Crippen molar-refractivity contribution in [1.29, 1.82) is 0 Å². The van der Waals surface area contributed by atoms with Gasteiger partial charge in [0.25, 0.3) is 0 Å². The number of nitrogens with zero attached hydrogens (tertiary/aromatic N) is 1. The number of aromatic amines is 1. The molecule has 3 N–H and O–H groups in total. The molecule has 3 aromatic rings. The molecule has 97 valence electrons. The molecule has 2 heterocycles. The molecule has 3 rings (SSSR count). The highest BCUT2D eigenvalue weighted by atomic mass is 16.1. The third-order valence-corrected chi connectivity index (χ3v) is 3.08. The van der Waals surface area contributed by atoms with Crippen molar-refractivity contribution in [3.63, 3.8) is 0 Å². The van der Waals surface area contributed by atoms with E-state index in [0.29, 0.717) is 5.57 Å². The summed E-state index contributed by atoms with van der Waals surface area (Å²) in [6.07, 6.45) is 6.34. The SMILES string of the molecule is NC(=O)/C(=C\c1c[nH]c2n[c]ccc12)c1ccccc1. The zero-order valence-corrected chi connectivity index (χ0v) is 10.6. The van der Waals surface area contributed by atoms with E-state index < -0.39 is 5.91 Å². The zero-order valence-electron chi connectivity index (χ0n) is 10.6. The average molecular weight is 262 g/mol. The van der Waals surface area contributed by atoms with E-state index >= 15 is 0 Å². The zero-order chi connectivity index (χ0) is 13.9. The lowest BCUT2D eigenvalue weighted by molar-refractivity contribution is -0.112. The lowest BCUT2D eigenvalue weighted by atomic mass is 10.0. The fourth-order valence-corrected chi connectivity index (χ4v) is 2.12. The maximum atomic E-state index is 11.7. The van der Waals surface area contributed by atoms with Gasteiger partial charge in [0.05, 0.1) is 6.20 Å². The van der Waals surface area contributed by atoms with Crippen LogP contribution in [0.3, 0.4) is 0 Å².